The summed E-state index contributed by atoms with van der Waals surface area (Å²) in [4.78, 5) is 0. The first-order chi connectivity index (χ1) is 11.2. The van der Waals surface area contributed by atoms with Crippen molar-refractivity contribution in [2.75, 3.05) is 13.7 Å². The first kappa shape index (κ1) is 19.9. The third-order valence-corrected chi connectivity index (χ3v) is 3.85. The van der Waals surface area contributed by atoms with Crippen LogP contribution in [-0.2, 0) is 9.47 Å². The summed E-state index contributed by atoms with van der Waals surface area (Å²) in [6.07, 6.45) is 18.3. The van der Waals surface area contributed by atoms with Crippen molar-refractivity contribution in [2.45, 2.75) is 64.8 Å². The first-order valence-electron chi connectivity index (χ1n) is 8.66. The molecule has 0 aromatic rings. The zero-order valence-electron chi connectivity index (χ0n) is 14.8. The van der Waals surface area contributed by atoms with Gasteiger partial charge >= 0.3 is 0 Å². The summed E-state index contributed by atoms with van der Waals surface area (Å²) < 4.78 is 10.6. The van der Waals surface area contributed by atoms with Crippen LogP contribution in [-0.4, -0.2) is 31.2 Å². The standard InChI is InChI=1S/C20H32O3/c1-4-8-17(2)9-5-6-10-18-12-14-19(15-13-18)23-16-7-11-20(21)22-3/h5-6,8,12-14,19-21H,4,7,9-11,15-16H2,1-3H3/b6-5-,17-8-. The van der Waals surface area contributed by atoms with Gasteiger partial charge in [-0.3, -0.25) is 0 Å². The normalized spacial score (nSPS) is 20.1. The molecule has 1 aliphatic rings. The van der Waals surface area contributed by atoms with Crippen LogP contribution in [0.1, 0.15) is 52.4 Å². The Morgan fingerprint density at radius 2 is 2.26 bits per heavy atom. The Hall–Kier alpha value is -1.16. The second-order valence-electron chi connectivity index (χ2n) is 5.95. The minimum atomic E-state index is -0.672. The van der Waals surface area contributed by atoms with Gasteiger partial charge in [0.15, 0.2) is 6.29 Å². The van der Waals surface area contributed by atoms with E-state index in [0.717, 1.165) is 32.1 Å². The number of hydrogen-bond acceptors (Lipinski definition) is 3. The number of methoxy groups -OCH3 is 1. The minimum Gasteiger partial charge on any atom is -0.374 e. The molecule has 0 fully saturated rings. The lowest BCUT2D eigenvalue weighted by molar-refractivity contribution is -0.0828. The second-order valence-corrected chi connectivity index (χ2v) is 5.95. The van der Waals surface area contributed by atoms with Crippen molar-refractivity contribution < 1.29 is 14.6 Å². The first-order valence-corrected chi connectivity index (χ1v) is 8.66. The summed E-state index contributed by atoms with van der Waals surface area (Å²) in [5.74, 6) is 0. The zero-order valence-corrected chi connectivity index (χ0v) is 14.8. The van der Waals surface area contributed by atoms with E-state index in [9.17, 15) is 5.11 Å². The van der Waals surface area contributed by atoms with E-state index in [2.05, 4.69) is 50.3 Å². The molecule has 2 atom stereocenters. The van der Waals surface area contributed by atoms with Gasteiger partial charge in [0.2, 0.25) is 0 Å². The predicted octanol–water partition coefficient (Wildman–Crippen LogP) is 4.70. The highest BCUT2D eigenvalue weighted by Gasteiger charge is 2.09. The maximum Gasteiger partial charge on any atom is 0.154 e. The molecule has 0 amide bonds. The molecule has 1 aliphatic carbocycles. The largest absolute Gasteiger partial charge is 0.374 e. The van der Waals surface area contributed by atoms with E-state index in [1.54, 1.807) is 0 Å². The highest BCUT2D eigenvalue weighted by molar-refractivity contribution is 5.26. The highest BCUT2D eigenvalue weighted by atomic mass is 16.6. The van der Waals surface area contributed by atoms with Gasteiger partial charge in [-0.1, -0.05) is 49.0 Å². The molecule has 0 saturated carbocycles. The summed E-state index contributed by atoms with van der Waals surface area (Å²) in [6, 6.07) is 0. The number of aliphatic hydroxyl groups is 1. The Balaban J connectivity index is 2.17. The van der Waals surface area contributed by atoms with Crippen LogP contribution in [0, 0.1) is 0 Å². The van der Waals surface area contributed by atoms with Gasteiger partial charge in [-0.05, 0) is 44.6 Å². The zero-order chi connectivity index (χ0) is 16.9. The molecule has 0 radical (unpaired) electrons. The van der Waals surface area contributed by atoms with Gasteiger partial charge in [-0.15, -0.1) is 0 Å². The van der Waals surface area contributed by atoms with Crippen LogP contribution in [0.4, 0.5) is 0 Å². The molecule has 0 bridgehead atoms. The maximum absolute atomic E-state index is 9.29. The van der Waals surface area contributed by atoms with Crippen LogP contribution >= 0.6 is 0 Å². The Labute approximate surface area is 141 Å². The molecule has 0 spiro atoms. The van der Waals surface area contributed by atoms with Gasteiger partial charge < -0.3 is 14.6 Å². The number of allylic oxidation sites excluding steroid dienone is 6. The van der Waals surface area contributed by atoms with Crippen molar-refractivity contribution in [2.24, 2.45) is 0 Å². The third-order valence-electron chi connectivity index (χ3n) is 3.85. The smallest absolute Gasteiger partial charge is 0.154 e. The number of rotatable bonds is 11. The Kier molecular flexibility index (Phi) is 10.6. The highest BCUT2D eigenvalue weighted by Crippen LogP contribution is 2.17. The van der Waals surface area contributed by atoms with E-state index >= 15 is 0 Å². The molecule has 23 heavy (non-hydrogen) atoms. The van der Waals surface area contributed by atoms with Crippen LogP contribution in [0.15, 0.2) is 47.6 Å². The summed E-state index contributed by atoms with van der Waals surface area (Å²) >= 11 is 0. The fourth-order valence-corrected chi connectivity index (χ4v) is 2.45. The monoisotopic (exact) mass is 320 g/mol. The molecule has 130 valence electrons. The quantitative estimate of drug-likeness (QED) is 0.341. The van der Waals surface area contributed by atoms with Crippen molar-refractivity contribution >= 4 is 0 Å². The van der Waals surface area contributed by atoms with Crippen molar-refractivity contribution in [3.63, 3.8) is 0 Å². The van der Waals surface area contributed by atoms with Crippen molar-refractivity contribution in [3.8, 4) is 0 Å². The van der Waals surface area contributed by atoms with Crippen LogP contribution < -0.4 is 0 Å². The van der Waals surface area contributed by atoms with E-state index in [0.29, 0.717) is 13.0 Å². The minimum absolute atomic E-state index is 0.164. The van der Waals surface area contributed by atoms with Gasteiger partial charge in [-0.2, -0.15) is 0 Å². The number of ether oxygens (including phenoxy) is 2. The van der Waals surface area contributed by atoms with Crippen LogP contribution in [0.2, 0.25) is 0 Å². The SMILES string of the molecule is CC/C=C(/C)C/C=C\CC1=CCC(OCCCC(O)OC)C=C1. The predicted molar refractivity (Wildman–Crippen MR) is 96.3 cm³/mol. The molecule has 0 aromatic heterocycles. The lowest BCUT2D eigenvalue weighted by Crippen LogP contribution is -2.15. The summed E-state index contributed by atoms with van der Waals surface area (Å²) in [5, 5.41) is 9.29. The Morgan fingerprint density at radius 1 is 1.43 bits per heavy atom. The second kappa shape index (κ2) is 12.3. The molecule has 3 heteroatoms. The summed E-state index contributed by atoms with van der Waals surface area (Å²) in [6.45, 7) is 5.01. The van der Waals surface area contributed by atoms with Gasteiger partial charge in [0.25, 0.3) is 0 Å². The van der Waals surface area contributed by atoms with Crippen LogP contribution in [0.3, 0.4) is 0 Å². The fourth-order valence-electron chi connectivity index (χ4n) is 2.45. The summed E-state index contributed by atoms with van der Waals surface area (Å²) in [5.41, 5.74) is 2.79. The molecule has 0 heterocycles. The van der Waals surface area contributed by atoms with E-state index in [1.807, 2.05) is 0 Å². The van der Waals surface area contributed by atoms with Crippen LogP contribution in [0.25, 0.3) is 0 Å². The molecule has 3 nitrogen and oxygen atoms in total. The van der Waals surface area contributed by atoms with Gasteiger partial charge in [0.1, 0.15) is 0 Å². The molecular formula is C20H32O3. The Bertz CT molecular complexity index is 432. The van der Waals surface area contributed by atoms with Crippen molar-refractivity contribution in [1.82, 2.24) is 0 Å². The van der Waals surface area contributed by atoms with E-state index in [1.165, 1.54) is 18.3 Å². The molecule has 1 rings (SSSR count). The number of aliphatic hydroxyl groups excluding tert-OH is 1. The topological polar surface area (TPSA) is 38.7 Å². The molecule has 0 aliphatic heterocycles. The lowest BCUT2D eigenvalue weighted by Gasteiger charge is -2.17. The van der Waals surface area contributed by atoms with E-state index in [-0.39, 0.29) is 6.10 Å². The molecule has 0 saturated heterocycles. The van der Waals surface area contributed by atoms with Crippen molar-refractivity contribution in [1.29, 1.82) is 0 Å². The average Bonchev–Trinajstić information content (AvgIpc) is 2.56. The molecule has 1 N–H and O–H groups in total. The van der Waals surface area contributed by atoms with Gasteiger partial charge in [-0.25, -0.2) is 0 Å². The Morgan fingerprint density at radius 3 is 2.91 bits per heavy atom. The van der Waals surface area contributed by atoms with Crippen LogP contribution in [0.5, 0.6) is 0 Å². The summed E-state index contributed by atoms with van der Waals surface area (Å²) in [7, 11) is 1.51. The average molecular weight is 320 g/mol. The molecule has 0 aromatic carbocycles. The lowest BCUT2D eigenvalue weighted by atomic mass is 10.0. The van der Waals surface area contributed by atoms with E-state index in [4.69, 9.17) is 9.47 Å². The third kappa shape index (κ3) is 9.54. The fraction of sp³-hybridized carbons (Fsp3) is 0.600. The molecule has 2 unspecified atom stereocenters. The van der Waals surface area contributed by atoms with E-state index < -0.39 is 6.29 Å². The van der Waals surface area contributed by atoms with Crippen molar-refractivity contribution in [3.05, 3.63) is 47.6 Å². The van der Waals surface area contributed by atoms with Gasteiger partial charge in [0.05, 0.1) is 6.10 Å². The molecular weight excluding hydrogens is 288 g/mol. The van der Waals surface area contributed by atoms with Gasteiger partial charge in [0, 0.05) is 20.1 Å². The maximum atomic E-state index is 9.29. The number of hydrogen-bond donors (Lipinski definition) is 1.